The van der Waals surface area contributed by atoms with Gasteiger partial charge in [-0.3, -0.25) is 9.89 Å². The van der Waals surface area contributed by atoms with Crippen LogP contribution < -0.4 is 16.2 Å². The van der Waals surface area contributed by atoms with Crippen molar-refractivity contribution in [2.24, 2.45) is 5.73 Å². The number of amides is 1. The molecule has 0 aliphatic rings. The van der Waals surface area contributed by atoms with Crippen LogP contribution in [0.4, 0.5) is 5.82 Å². The molecule has 9 nitrogen and oxygen atoms in total. The van der Waals surface area contributed by atoms with Crippen molar-refractivity contribution < 1.29 is 9.53 Å². The topological polar surface area (TPSA) is 138 Å². The lowest BCUT2D eigenvalue weighted by Crippen LogP contribution is -2.14. The highest BCUT2D eigenvalue weighted by Gasteiger charge is 2.22. The molecule has 24 heavy (non-hydrogen) atoms. The van der Waals surface area contributed by atoms with Gasteiger partial charge in [-0.15, -0.1) is 5.10 Å². The van der Waals surface area contributed by atoms with Crippen LogP contribution in [0.1, 0.15) is 5.82 Å². The van der Waals surface area contributed by atoms with E-state index in [9.17, 15) is 4.79 Å². The maximum Gasteiger partial charge on any atom is 0.225 e. The van der Waals surface area contributed by atoms with Gasteiger partial charge >= 0.3 is 0 Å². The predicted molar refractivity (Wildman–Crippen MR) is 87.8 cm³/mol. The van der Waals surface area contributed by atoms with Crippen LogP contribution in [0.5, 0.6) is 5.75 Å². The van der Waals surface area contributed by atoms with Crippen LogP contribution in [0, 0.1) is 0 Å². The Labute approximate surface area is 141 Å². The third-order valence-electron chi connectivity index (χ3n) is 3.25. The molecule has 0 radical (unpaired) electrons. The van der Waals surface area contributed by atoms with Crippen molar-refractivity contribution >= 4 is 23.3 Å². The van der Waals surface area contributed by atoms with Crippen molar-refractivity contribution in [1.82, 2.24) is 25.0 Å². The molecule has 5 N–H and O–H groups in total. The van der Waals surface area contributed by atoms with E-state index in [1.807, 2.05) is 12.1 Å². The second kappa shape index (κ2) is 6.20. The molecule has 2 heterocycles. The minimum atomic E-state index is -0.547. The van der Waals surface area contributed by atoms with E-state index in [1.165, 1.54) is 4.68 Å². The molecule has 1 amide bonds. The number of carbonyl (C=O) groups is 1. The van der Waals surface area contributed by atoms with Gasteiger partial charge in [0.05, 0.1) is 13.5 Å². The lowest BCUT2D eigenvalue weighted by atomic mass is 10.3. The number of primary amides is 1. The molecule has 0 aliphatic carbocycles. The van der Waals surface area contributed by atoms with Crippen molar-refractivity contribution in [3.63, 3.8) is 0 Å². The van der Waals surface area contributed by atoms with Crippen LogP contribution >= 0.6 is 11.6 Å². The van der Waals surface area contributed by atoms with Gasteiger partial charge < -0.3 is 16.2 Å². The van der Waals surface area contributed by atoms with E-state index in [4.69, 9.17) is 27.8 Å². The number of nitrogens with one attached hydrogen (secondary N) is 1. The molecule has 10 heteroatoms. The van der Waals surface area contributed by atoms with Crippen LogP contribution in [-0.4, -0.2) is 38.0 Å². The number of methoxy groups -OCH3 is 1. The Morgan fingerprint density at radius 1 is 1.42 bits per heavy atom. The van der Waals surface area contributed by atoms with Gasteiger partial charge in [-0.05, 0) is 12.1 Å². The number of anilines is 1. The van der Waals surface area contributed by atoms with Crippen molar-refractivity contribution in [3.05, 3.63) is 35.1 Å². The summed E-state index contributed by atoms with van der Waals surface area (Å²) in [5, 5.41) is 11.1. The largest absolute Gasteiger partial charge is 0.494 e. The van der Waals surface area contributed by atoms with E-state index < -0.39 is 5.91 Å². The molecule has 2 aromatic heterocycles. The summed E-state index contributed by atoms with van der Waals surface area (Å²) in [6.45, 7) is 0. The number of nitrogen functional groups attached to an aromatic ring is 1. The number of rotatable bonds is 5. The SMILES string of the molecule is COc1ccccc1-n1nc(CC(N)=O)nc1-c1[nH]nc(N)c1Cl. The minimum Gasteiger partial charge on any atom is -0.494 e. The normalized spacial score (nSPS) is 10.8. The molecule has 124 valence electrons. The number of para-hydroxylation sites is 2. The number of benzene rings is 1. The highest BCUT2D eigenvalue weighted by Crippen LogP contribution is 2.32. The molecule has 0 bridgehead atoms. The first-order chi connectivity index (χ1) is 11.5. The number of aromatic amines is 1. The van der Waals surface area contributed by atoms with Crippen molar-refractivity contribution in [1.29, 1.82) is 0 Å². The van der Waals surface area contributed by atoms with E-state index >= 15 is 0 Å². The van der Waals surface area contributed by atoms with Gasteiger partial charge in [0.2, 0.25) is 5.91 Å². The first-order valence-corrected chi connectivity index (χ1v) is 7.26. The average molecular weight is 348 g/mol. The highest BCUT2D eigenvalue weighted by molar-refractivity contribution is 6.35. The number of nitrogens with two attached hydrogens (primary N) is 2. The van der Waals surface area contributed by atoms with Crippen LogP contribution in [0.2, 0.25) is 5.02 Å². The molecular formula is C14H14ClN7O2. The maximum absolute atomic E-state index is 11.2. The highest BCUT2D eigenvalue weighted by atomic mass is 35.5. The molecule has 3 aromatic rings. The standard InChI is InChI=1S/C14H14ClN7O2/c1-24-8-5-3-2-4-7(8)22-14(12-11(15)13(17)20-19-12)18-10(21-22)6-9(16)23/h2-5H,6H2,1H3,(H2,16,23)(H3,17,19,20). The number of aromatic nitrogens is 5. The molecule has 0 spiro atoms. The van der Waals surface area contributed by atoms with Gasteiger partial charge in [-0.25, -0.2) is 9.67 Å². The zero-order valence-electron chi connectivity index (χ0n) is 12.7. The monoisotopic (exact) mass is 347 g/mol. The van der Waals surface area contributed by atoms with E-state index in [0.29, 0.717) is 23.0 Å². The zero-order chi connectivity index (χ0) is 17.3. The minimum absolute atomic E-state index is 0.115. The number of ether oxygens (including phenoxy) is 1. The number of nitrogens with zero attached hydrogens (tertiary/aromatic N) is 4. The van der Waals surface area contributed by atoms with Crippen LogP contribution in [0.3, 0.4) is 0 Å². The summed E-state index contributed by atoms with van der Waals surface area (Å²) in [5.41, 5.74) is 11.9. The average Bonchev–Trinajstić information content (AvgIpc) is 3.11. The summed E-state index contributed by atoms with van der Waals surface area (Å²) in [6, 6.07) is 7.21. The molecular weight excluding hydrogens is 334 g/mol. The molecule has 1 aromatic carbocycles. The predicted octanol–water partition coefficient (Wildman–Crippen LogP) is 0.929. The third-order valence-corrected chi connectivity index (χ3v) is 3.64. The summed E-state index contributed by atoms with van der Waals surface area (Å²) in [4.78, 5) is 15.5. The second-order valence-corrected chi connectivity index (χ2v) is 5.25. The molecule has 0 aliphatic heterocycles. The van der Waals surface area contributed by atoms with E-state index in [1.54, 1.807) is 19.2 Å². The Morgan fingerprint density at radius 3 is 2.79 bits per heavy atom. The summed E-state index contributed by atoms with van der Waals surface area (Å²) in [6.07, 6.45) is -0.115. The lowest BCUT2D eigenvalue weighted by Gasteiger charge is -2.09. The Hall–Kier alpha value is -3.07. The summed E-state index contributed by atoms with van der Waals surface area (Å²) >= 11 is 6.17. The van der Waals surface area contributed by atoms with Gasteiger partial charge in [-0.1, -0.05) is 23.7 Å². The smallest absolute Gasteiger partial charge is 0.225 e. The first kappa shape index (κ1) is 15.8. The Balaban J connectivity index is 2.22. The second-order valence-electron chi connectivity index (χ2n) is 4.88. The van der Waals surface area contributed by atoms with E-state index in [-0.39, 0.29) is 23.1 Å². The molecule has 0 fully saturated rings. The van der Waals surface area contributed by atoms with E-state index in [0.717, 1.165) is 0 Å². The third kappa shape index (κ3) is 2.76. The fourth-order valence-electron chi connectivity index (χ4n) is 2.21. The number of hydrogen-bond acceptors (Lipinski definition) is 6. The quantitative estimate of drug-likeness (QED) is 0.627. The van der Waals surface area contributed by atoms with Crippen molar-refractivity contribution in [2.45, 2.75) is 6.42 Å². The van der Waals surface area contributed by atoms with Gasteiger partial charge in [0.1, 0.15) is 22.2 Å². The van der Waals surface area contributed by atoms with Gasteiger partial charge in [-0.2, -0.15) is 5.10 Å². The van der Waals surface area contributed by atoms with E-state index in [2.05, 4.69) is 20.3 Å². The van der Waals surface area contributed by atoms with Crippen LogP contribution in [-0.2, 0) is 11.2 Å². The number of carbonyl (C=O) groups excluding carboxylic acids is 1. The van der Waals surface area contributed by atoms with Crippen molar-refractivity contribution in [3.8, 4) is 23.0 Å². The zero-order valence-corrected chi connectivity index (χ0v) is 13.4. The van der Waals surface area contributed by atoms with Gasteiger partial charge in [0.15, 0.2) is 17.5 Å². The Morgan fingerprint density at radius 2 is 2.17 bits per heavy atom. The fraction of sp³-hybridized carbons (Fsp3) is 0.143. The maximum atomic E-state index is 11.2. The molecule has 0 atom stereocenters. The number of hydrogen-bond donors (Lipinski definition) is 3. The molecule has 3 rings (SSSR count). The van der Waals surface area contributed by atoms with Crippen molar-refractivity contribution in [2.75, 3.05) is 12.8 Å². The lowest BCUT2D eigenvalue weighted by molar-refractivity contribution is -0.117. The fourth-order valence-corrected chi connectivity index (χ4v) is 2.38. The Kier molecular flexibility index (Phi) is 4.09. The van der Waals surface area contributed by atoms with Gasteiger partial charge in [0.25, 0.3) is 0 Å². The first-order valence-electron chi connectivity index (χ1n) is 6.88. The molecule has 0 unspecified atom stereocenters. The molecule has 0 saturated carbocycles. The molecule has 0 saturated heterocycles. The van der Waals surface area contributed by atoms with Crippen LogP contribution in [0.25, 0.3) is 17.2 Å². The Bertz CT molecular complexity index is 902. The number of halogens is 1. The summed E-state index contributed by atoms with van der Waals surface area (Å²) in [7, 11) is 1.54. The number of H-pyrrole nitrogens is 1. The summed E-state index contributed by atoms with van der Waals surface area (Å²) < 4.78 is 6.85. The summed E-state index contributed by atoms with van der Waals surface area (Å²) in [5.74, 6) is 0.738. The van der Waals surface area contributed by atoms with Gasteiger partial charge in [0, 0.05) is 0 Å². The van der Waals surface area contributed by atoms with Crippen LogP contribution in [0.15, 0.2) is 24.3 Å².